The number of nitrogens with two attached hydrogens (primary N) is 1. The Morgan fingerprint density at radius 1 is 1.17 bits per heavy atom. The standard InChI is InChI=1S/C9H12ClN.HI/c1-9(2,11)7-3-5-8(10)6-4-7;/h3-6H,11H2,1-2H3;1H. The molecule has 12 heavy (non-hydrogen) atoms. The van der Waals surface area contributed by atoms with Crippen LogP contribution < -0.4 is 5.73 Å². The Labute approximate surface area is 95.3 Å². The third kappa shape index (κ3) is 3.29. The second-order valence-corrected chi connectivity index (χ2v) is 3.67. The zero-order chi connectivity index (χ0) is 8.48. The van der Waals surface area contributed by atoms with E-state index in [4.69, 9.17) is 17.3 Å². The molecule has 0 saturated carbocycles. The van der Waals surface area contributed by atoms with Gasteiger partial charge in [0, 0.05) is 10.6 Å². The number of hydrogen-bond acceptors (Lipinski definition) is 1. The number of rotatable bonds is 1. The molecule has 0 aliphatic rings. The first-order chi connectivity index (χ1) is 5.00. The summed E-state index contributed by atoms with van der Waals surface area (Å²) in [6.07, 6.45) is 0. The van der Waals surface area contributed by atoms with Crippen LogP contribution in [0.3, 0.4) is 0 Å². The molecule has 1 rings (SSSR count). The van der Waals surface area contributed by atoms with E-state index in [2.05, 4.69) is 0 Å². The van der Waals surface area contributed by atoms with Gasteiger partial charge in [0.2, 0.25) is 0 Å². The molecular weight excluding hydrogens is 284 g/mol. The fraction of sp³-hybridized carbons (Fsp3) is 0.333. The van der Waals surface area contributed by atoms with Crippen LogP contribution in [0, 0.1) is 0 Å². The normalized spacial score (nSPS) is 10.7. The predicted molar refractivity (Wildman–Crippen MR) is 64.1 cm³/mol. The molecular formula is C9H13ClIN. The van der Waals surface area contributed by atoms with Crippen LogP contribution in [-0.2, 0) is 5.54 Å². The van der Waals surface area contributed by atoms with E-state index in [9.17, 15) is 0 Å². The first-order valence-corrected chi connectivity index (χ1v) is 3.93. The molecule has 0 atom stereocenters. The van der Waals surface area contributed by atoms with Gasteiger partial charge >= 0.3 is 0 Å². The lowest BCUT2D eigenvalue weighted by Crippen LogP contribution is -2.28. The highest BCUT2D eigenvalue weighted by molar-refractivity contribution is 14.0. The summed E-state index contributed by atoms with van der Waals surface area (Å²) in [4.78, 5) is 0. The molecule has 3 heteroatoms. The topological polar surface area (TPSA) is 26.0 Å². The van der Waals surface area contributed by atoms with E-state index in [1.807, 2.05) is 38.1 Å². The molecule has 0 amide bonds. The molecule has 0 spiro atoms. The van der Waals surface area contributed by atoms with Gasteiger partial charge in [-0.15, -0.1) is 24.0 Å². The molecule has 68 valence electrons. The molecule has 0 unspecified atom stereocenters. The van der Waals surface area contributed by atoms with Crippen molar-refractivity contribution >= 4 is 35.6 Å². The van der Waals surface area contributed by atoms with Crippen molar-refractivity contribution in [1.82, 2.24) is 0 Å². The third-order valence-electron chi connectivity index (χ3n) is 1.59. The van der Waals surface area contributed by atoms with Gasteiger partial charge < -0.3 is 5.73 Å². The fourth-order valence-corrected chi connectivity index (χ4v) is 1.01. The van der Waals surface area contributed by atoms with Crippen LogP contribution in [0.4, 0.5) is 0 Å². The van der Waals surface area contributed by atoms with Gasteiger partial charge in [0.25, 0.3) is 0 Å². The Kier molecular flexibility index (Phi) is 4.51. The molecule has 0 bridgehead atoms. The third-order valence-corrected chi connectivity index (χ3v) is 1.84. The van der Waals surface area contributed by atoms with E-state index >= 15 is 0 Å². The van der Waals surface area contributed by atoms with Gasteiger partial charge in [0.1, 0.15) is 0 Å². The minimum absolute atomic E-state index is 0. The van der Waals surface area contributed by atoms with Crippen LogP contribution in [0.5, 0.6) is 0 Å². The van der Waals surface area contributed by atoms with Crippen molar-refractivity contribution in [2.45, 2.75) is 19.4 Å². The van der Waals surface area contributed by atoms with Gasteiger partial charge in [-0.05, 0) is 31.5 Å². The second kappa shape index (κ2) is 4.44. The Morgan fingerprint density at radius 3 is 1.92 bits per heavy atom. The van der Waals surface area contributed by atoms with Gasteiger partial charge in [0.05, 0.1) is 0 Å². The molecule has 0 radical (unpaired) electrons. The Morgan fingerprint density at radius 2 is 1.58 bits per heavy atom. The van der Waals surface area contributed by atoms with E-state index in [1.165, 1.54) is 0 Å². The molecule has 1 aromatic rings. The van der Waals surface area contributed by atoms with Gasteiger partial charge in [-0.3, -0.25) is 0 Å². The van der Waals surface area contributed by atoms with Crippen molar-refractivity contribution in [3.8, 4) is 0 Å². The summed E-state index contributed by atoms with van der Waals surface area (Å²) in [6, 6.07) is 7.60. The van der Waals surface area contributed by atoms with Crippen molar-refractivity contribution in [2.75, 3.05) is 0 Å². The maximum Gasteiger partial charge on any atom is 0.0406 e. The first kappa shape index (κ1) is 12.2. The van der Waals surface area contributed by atoms with Crippen LogP contribution in [-0.4, -0.2) is 0 Å². The molecule has 0 aromatic heterocycles. The van der Waals surface area contributed by atoms with E-state index in [1.54, 1.807) is 0 Å². The van der Waals surface area contributed by atoms with Crippen molar-refractivity contribution in [3.63, 3.8) is 0 Å². The summed E-state index contributed by atoms with van der Waals surface area (Å²) >= 11 is 5.72. The van der Waals surface area contributed by atoms with E-state index in [0.717, 1.165) is 10.6 Å². The average molecular weight is 298 g/mol. The second-order valence-electron chi connectivity index (χ2n) is 3.23. The van der Waals surface area contributed by atoms with Crippen LogP contribution in [0.15, 0.2) is 24.3 Å². The molecule has 0 saturated heterocycles. The van der Waals surface area contributed by atoms with Crippen LogP contribution in [0.25, 0.3) is 0 Å². The minimum Gasteiger partial charge on any atom is -0.322 e. The summed E-state index contributed by atoms with van der Waals surface area (Å²) < 4.78 is 0. The van der Waals surface area contributed by atoms with Gasteiger partial charge in [0.15, 0.2) is 0 Å². The zero-order valence-electron chi connectivity index (χ0n) is 7.17. The SMILES string of the molecule is CC(C)(N)c1ccc(Cl)cc1.I. The lowest BCUT2D eigenvalue weighted by atomic mass is 9.96. The van der Waals surface area contributed by atoms with Crippen molar-refractivity contribution < 1.29 is 0 Å². The van der Waals surface area contributed by atoms with E-state index < -0.39 is 0 Å². The first-order valence-electron chi connectivity index (χ1n) is 3.55. The summed E-state index contributed by atoms with van der Waals surface area (Å²) in [5.74, 6) is 0. The highest BCUT2D eigenvalue weighted by Crippen LogP contribution is 2.18. The van der Waals surface area contributed by atoms with Crippen LogP contribution >= 0.6 is 35.6 Å². The quantitative estimate of drug-likeness (QED) is 0.792. The molecule has 0 aliphatic heterocycles. The smallest absolute Gasteiger partial charge is 0.0406 e. The zero-order valence-corrected chi connectivity index (χ0v) is 10.3. The Balaban J connectivity index is 0.00000121. The van der Waals surface area contributed by atoms with Crippen LogP contribution in [0.1, 0.15) is 19.4 Å². The lowest BCUT2D eigenvalue weighted by molar-refractivity contribution is 0.554. The fourth-order valence-electron chi connectivity index (χ4n) is 0.879. The van der Waals surface area contributed by atoms with E-state index in [-0.39, 0.29) is 29.5 Å². The van der Waals surface area contributed by atoms with E-state index in [0.29, 0.717) is 0 Å². The summed E-state index contributed by atoms with van der Waals surface area (Å²) in [5, 5.41) is 0.748. The maximum atomic E-state index is 5.86. The summed E-state index contributed by atoms with van der Waals surface area (Å²) in [6.45, 7) is 3.94. The number of hydrogen-bond donors (Lipinski definition) is 1. The van der Waals surface area contributed by atoms with Gasteiger partial charge in [-0.1, -0.05) is 23.7 Å². The molecule has 0 heterocycles. The van der Waals surface area contributed by atoms with Crippen molar-refractivity contribution in [3.05, 3.63) is 34.9 Å². The molecule has 0 fully saturated rings. The Hall–Kier alpha value is 0.200. The predicted octanol–water partition coefficient (Wildman–Crippen LogP) is 3.15. The summed E-state index contributed by atoms with van der Waals surface area (Å²) in [5.41, 5.74) is 6.69. The van der Waals surface area contributed by atoms with Crippen molar-refractivity contribution in [2.24, 2.45) is 5.73 Å². The molecule has 1 nitrogen and oxygen atoms in total. The Bertz CT molecular complexity index is 238. The highest BCUT2D eigenvalue weighted by atomic mass is 127. The average Bonchev–Trinajstić information content (AvgIpc) is 1.86. The summed E-state index contributed by atoms with van der Waals surface area (Å²) in [7, 11) is 0. The molecule has 0 aliphatic carbocycles. The number of halogens is 2. The molecule has 2 N–H and O–H groups in total. The van der Waals surface area contributed by atoms with Crippen LogP contribution in [0.2, 0.25) is 5.02 Å². The monoisotopic (exact) mass is 297 g/mol. The maximum absolute atomic E-state index is 5.86. The molecule has 1 aromatic carbocycles. The number of benzene rings is 1. The lowest BCUT2D eigenvalue weighted by Gasteiger charge is -2.18. The minimum atomic E-state index is -0.273. The largest absolute Gasteiger partial charge is 0.322 e. The highest BCUT2D eigenvalue weighted by Gasteiger charge is 2.12. The van der Waals surface area contributed by atoms with Gasteiger partial charge in [-0.25, -0.2) is 0 Å². The van der Waals surface area contributed by atoms with Gasteiger partial charge in [-0.2, -0.15) is 0 Å². The van der Waals surface area contributed by atoms with Crippen molar-refractivity contribution in [1.29, 1.82) is 0 Å².